The topological polar surface area (TPSA) is 46.1 Å². The number of carbonyl (C=O) groups excluding carboxylic acids is 1. The van der Waals surface area contributed by atoms with Crippen LogP contribution >= 0.6 is 11.5 Å². The summed E-state index contributed by atoms with van der Waals surface area (Å²) < 4.78 is 18.5. The quantitative estimate of drug-likeness (QED) is 0.684. The minimum Gasteiger partial charge on any atom is -0.305 e. The van der Waals surface area contributed by atoms with Crippen molar-refractivity contribution in [3.63, 3.8) is 0 Å². The standard InChI is InChI=1S/C17H14FN3OS/c1-10-13-8-12(9-19-16(13)23-20-10)17(22)21-7-3-5-11-4-2-6-14(18)15(11)21/h2,4,6,8-9H,3,5,7H2,1H3. The zero-order valence-electron chi connectivity index (χ0n) is 12.5. The summed E-state index contributed by atoms with van der Waals surface area (Å²) in [7, 11) is 0. The highest BCUT2D eigenvalue weighted by atomic mass is 32.1. The molecule has 4 nitrogen and oxygen atoms in total. The molecule has 6 heteroatoms. The maximum absolute atomic E-state index is 14.2. The van der Waals surface area contributed by atoms with Crippen LogP contribution in [0.3, 0.4) is 0 Å². The zero-order valence-corrected chi connectivity index (χ0v) is 13.4. The highest BCUT2D eigenvalue weighted by molar-refractivity contribution is 7.12. The number of nitrogens with zero attached hydrogens (tertiary/aromatic N) is 3. The van der Waals surface area contributed by atoms with Gasteiger partial charge in [0.15, 0.2) is 0 Å². The van der Waals surface area contributed by atoms with Gasteiger partial charge in [0, 0.05) is 18.1 Å². The lowest BCUT2D eigenvalue weighted by molar-refractivity contribution is 0.0984. The number of hydrogen-bond donors (Lipinski definition) is 0. The van der Waals surface area contributed by atoms with Gasteiger partial charge in [-0.1, -0.05) is 12.1 Å². The zero-order chi connectivity index (χ0) is 16.0. The first-order valence-corrected chi connectivity index (χ1v) is 8.24. The molecule has 23 heavy (non-hydrogen) atoms. The van der Waals surface area contributed by atoms with Crippen molar-refractivity contribution in [1.82, 2.24) is 9.36 Å². The number of aryl methyl sites for hydroxylation is 2. The van der Waals surface area contributed by atoms with E-state index < -0.39 is 0 Å². The number of anilines is 1. The SMILES string of the molecule is Cc1nsc2ncc(C(=O)N3CCCc4cccc(F)c43)cc12. The molecule has 1 amide bonds. The summed E-state index contributed by atoms with van der Waals surface area (Å²) in [5, 5.41) is 0.881. The number of benzene rings is 1. The number of pyridine rings is 1. The van der Waals surface area contributed by atoms with Crippen molar-refractivity contribution >= 4 is 33.3 Å². The van der Waals surface area contributed by atoms with Gasteiger partial charge >= 0.3 is 0 Å². The van der Waals surface area contributed by atoms with Crippen LogP contribution in [0.5, 0.6) is 0 Å². The Hall–Kier alpha value is -2.34. The summed E-state index contributed by atoms with van der Waals surface area (Å²) >= 11 is 1.31. The van der Waals surface area contributed by atoms with Crippen molar-refractivity contribution in [3.05, 3.63) is 53.1 Å². The monoisotopic (exact) mass is 327 g/mol. The summed E-state index contributed by atoms with van der Waals surface area (Å²) in [6, 6.07) is 6.78. The molecule has 0 fully saturated rings. The largest absolute Gasteiger partial charge is 0.305 e. The van der Waals surface area contributed by atoms with Crippen molar-refractivity contribution in [2.24, 2.45) is 0 Å². The van der Waals surface area contributed by atoms with Crippen LogP contribution < -0.4 is 4.90 Å². The first-order valence-electron chi connectivity index (χ1n) is 7.46. The molecule has 0 saturated heterocycles. The van der Waals surface area contributed by atoms with Crippen molar-refractivity contribution in [2.75, 3.05) is 11.4 Å². The Kier molecular flexibility index (Phi) is 3.34. The smallest absolute Gasteiger partial charge is 0.259 e. The molecule has 0 atom stereocenters. The summed E-state index contributed by atoms with van der Waals surface area (Å²) in [6.07, 6.45) is 3.18. The second-order valence-corrected chi connectivity index (χ2v) is 6.40. The Bertz CT molecular complexity index is 921. The molecule has 0 radical (unpaired) electrons. The van der Waals surface area contributed by atoms with Crippen LogP contribution in [0.4, 0.5) is 10.1 Å². The number of aromatic nitrogens is 2. The number of halogens is 1. The molecule has 0 bridgehead atoms. The lowest BCUT2D eigenvalue weighted by Crippen LogP contribution is -2.36. The third-order valence-electron chi connectivity index (χ3n) is 4.17. The first kappa shape index (κ1) is 14.3. The number of fused-ring (bicyclic) bond motifs is 2. The highest BCUT2D eigenvalue weighted by Crippen LogP contribution is 2.31. The molecule has 1 aromatic carbocycles. The van der Waals surface area contributed by atoms with Crippen LogP contribution in [0.25, 0.3) is 10.2 Å². The van der Waals surface area contributed by atoms with Gasteiger partial charge in [0.2, 0.25) is 0 Å². The molecule has 0 spiro atoms. The lowest BCUT2D eigenvalue weighted by Gasteiger charge is -2.29. The summed E-state index contributed by atoms with van der Waals surface area (Å²) in [5.74, 6) is -0.561. The Morgan fingerprint density at radius 3 is 3.13 bits per heavy atom. The summed E-state index contributed by atoms with van der Waals surface area (Å²) in [5.41, 5.74) is 2.62. The maximum Gasteiger partial charge on any atom is 0.259 e. The molecule has 3 heterocycles. The molecule has 0 saturated carbocycles. The average molecular weight is 327 g/mol. The highest BCUT2D eigenvalue weighted by Gasteiger charge is 2.27. The Morgan fingerprint density at radius 1 is 1.39 bits per heavy atom. The van der Waals surface area contributed by atoms with E-state index in [1.54, 1.807) is 18.3 Å². The van der Waals surface area contributed by atoms with Gasteiger partial charge in [-0.15, -0.1) is 0 Å². The second-order valence-electron chi connectivity index (χ2n) is 5.65. The molecule has 0 aliphatic carbocycles. The minimum absolute atomic E-state index is 0.212. The van der Waals surface area contributed by atoms with E-state index in [-0.39, 0.29) is 11.7 Å². The molecule has 0 N–H and O–H groups in total. The number of hydrogen-bond acceptors (Lipinski definition) is 4. The van der Waals surface area contributed by atoms with Gasteiger partial charge in [0.05, 0.1) is 16.9 Å². The predicted molar refractivity (Wildman–Crippen MR) is 88.5 cm³/mol. The average Bonchev–Trinajstić information content (AvgIpc) is 2.95. The van der Waals surface area contributed by atoms with Gasteiger partial charge in [-0.3, -0.25) is 4.79 Å². The molecule has 2 aromatic heterocycles. The third kappa shape index (κ3) is 2.30. The van der Waals surface area contributed by atoms with Crippen LogP contribution in [0.15, 0.2) is 30.5 Å². The first-order chi connectivity index (χ1) is 11.1. The maximum atomic E-state index is 14.2. The van der Waals surface area contributed by atoms with E-state index in [1.807, 2.05) is 13.0 Å². The molecule has 1 aliphatic heterocycles. The van der Waals surface area contributed by atoms with Crippen LogP contribution in [0.2, 0.25) is 0 Å². The number of para-hydroxylation sites is 1. The van der Waals surface area contributed by atoms with E-state index in [4.69, 9.17) is 0 Å². The Balaban J connectivity index is 1.79. The fourth-order valence-corrected chi connectivity index (χ4v) is 3.75. The Morgan fingerprint density at radius 2 is 2.26 bits per heavy atom. The van der Waals surface area contributed by atoms with Crippen molar-refractivity contribution < 1.29 is 9.18 Å². The van der Waals surface area contributed by atoms with E-state index in [9.17, 15) is 9.18 Å². The van der Waals surface area contributed by atoms with Crippen molar-refractivity contribution in [3.8, 4) is 0 Å². The molecule has 1 aliphatic rings. The fourth-order valence-electron chi connectivity index (χ4n) is 3.02. The third-order valence-corrected chi connectivity index (χ3v) is 5.03. The van der Waals surface area contributed by atoms with Gasteiger partial charge in [-0.2, -0.15) is 4.37 Å². The van der Waals surface area contributed by atoms with Gasteiger partial charge in [-0.05, 0) is 49.0 Å². The molecule has 4 rings (SSSR count). The van der Waals surface area contributed by atoms with Gasteiger partial charge in [0.1, 0.15) is 10.6 Å². The van der Waals surface area contributed by atoms with E-state index in [2.05, 4.69) is 9.36 Å². The van der Waals surface area contributed by atoms with Crippen LogP contribution in [0, 0.1) is 12.7 Å². The van der Waals surface area contributed by atoms with Crippen molar-refractivity contribution in [1.29, 1.82) is 0 Å². The number of rotatable bonds is 1. The van der Waals surface area contributed by atoms with Crippen LogP contribution in [-0.4, -0.2) is 21.8 Å². The van der Waals surface area contributed by atoms with Gasteiger partial charge < -0.3 is 4.90 Å². The summed E-state index contributed by atoms with van der Waals surface area (Å²) in [4.78, 5) is 19.5. The predicted octanol–water partition coefficient (Wildman–Crippen LogP) is 3.73. The lowest BCUT2D eigenvalue weighted by atomic mass is 10.0. The number of carbonyl (C=O) groups is 1. The number of amides is 1. The summed E-state index contributed by atoms with van der Waals surface area (Å²) in [6.45, 7) is 2.41. The molecular formula is C17H14FN3OS. The second kappa shape index (κ2) is 5.38. The molecular weight excluding hydrogens is 313 g/mol. The van der Waals surface area contributed by atoms with E-state index in [0.29, 0.717) is 17.8 Å². The minimum atomic E-state index is -0.349. The molecule has 3 aromatic rings. The molecule has 116 valence electrons. The van der Waals surface area contributed by atoms with Crippen molar-refractivity contribution in [2.45, 2.75) is 19.8 Å². The van der Waals surface area contributed by atoms with Gasteiger partial charge in [0.25, 0.3) is 5.91 Å². The normalized spacial score (nSPS) is 14.1. The fraction of sp³-hybridized carbons (Fsp3) is 0.235. The van der Waals surface area contributed by atoms with Gasteiger partial charge in [-0.25, -0.2) is 9.37 Å². The van der Waals surface area contributed by atoms with E-state index >= 15 is 0 Å². The van der Waals surface area contributed by atoms with Crippen LogP contribution in [0.1, 0.15) is 28.0 Å². The van der Waals surface area contributed by atoms with E-state index in [1.165, 1.54) is 22.5 Å². The van der Waals surface area contributed by atoms with E-state index in [0.717, 1.165) is 34.3 Å². The molecule has 0 unspecified atom stereocenters. The Labute approximate surface area is 136 Å². The van der Waals surface area contributed by atoms with Crippen LogP contribution in [-0.2, 0) is 6.42 Å².